The van der Waals surface area contributed by atoms with Gasteiger partial charge in [0.15, 0.2) is 0 Å². The molecule has 0 aromatic heterocycles. The maximum absolute atomic E-state index is 10.9. The van der Waals surface area contributed by atoms with Crippen LogP contribution in [0.1, 0.15) is 13.3 Å². The topological polar surface area (TPSA) is 83.6 Å². The Morgan fingerprint density at radius 1 is 1.80 bits per heavy atom. The molecule has 84 valence electrons. The van der Waals surface area contributed by atoms with Crippen LogP contribution in [0.25, 0.3) is 0 Å². The van der Waals surface area contributed by atoms with Crippen LogP contribution in [0.5, 0.6) is 0 Å². The molecule has 0 bridgehead atoms. The Morgan fingerprint density at radius 2 is 2.40 bits per heavy atom. The highest BCUT2D eigenvalue weighted by Gasteiger charge is 2.40. The predicted octanol–water partition coefficient (Wildman–Crippen LogP) is 0.224. The molecule has 0 saturated carbocycles. The van der Waals surface area contributed by atoms with Gasteiger partial charge in [0.05, 0.1) is 11.8 Å². The Bertz CT molecular complexity index is 293. The lowest BCUT2D eigenvalue weighted by atomic mass is 10.2. The lowest BCUT2D eigenvalue weighted by molar-refractivity contribution is -0.139. The van der Waals surface area contributed by atoms with Gasteiger partial charge in [-0.1, -0.05) is 6.92 Å². The maximum atomic E-state index is 10.9. The molecular formula is C9H14N2O3S. The van der Waals surface area contributed by atoms with Crippen LogP contribution in [-0.4, -0.2) is 39.1 Å². The number of β-lactam (4-membered cyclic amide) rings is 1. The number of nitrogens with two attached hydrogens (primary N) is 1. The minimum Gasteiger partial charge on any atom is -0.480 e. The first-order chi connectivity index (χ1) is 7.10. The zero-order valence-corrected chi connectivity index (χ0v) is 9.24. The fourth-order valence-corrected chi connectivity index (χ4v) is 2.39. The molecule has 2 rings (SSSR count). The molecule has 1 fully saturated rings. The second-order valence-corrected chi connectivity index (χ2v) is 4.43. The van der Waals surface area contributed by atoms with E-state index in [1.165, 1.54) is 11.8 Å². The number of rotatable bonds is 1. The number of carboxylic acid groups (broad SMARTS) is 1. The van der Waals surface area contributed by atoms with Gasteiger partial charge in [0, 0.05) is 6.20 Å². The fourth-order valence-electron chi connectivity index (χ4n) is 1.22. The summed E-state index contributed by atoms with van der Waals surface area (Å²) in [5.41, 5.74) is 4.85. The molecular weight excluding hydrogens is 216 g/mol. The van der Waals surface area contributed by atoms with Crippen LogP contribution in [0.3, 0.4) is 0 Å². The largest absolute Gasteiger partial charge is 0.480 e. The van der Waals surface area contributed by atoms with E-state index in [4.69, 9.17) is 10.8 Å². The quantitative estimate of drug-likeness (QED) is 0.630. The van der Waals surface area contributed by atoms with Gasteiger partial charge < -0.3 is 15.7 Å². The molecule has 0 aromatic rings. The number of hydrogen-bond acceptors (Lipinski definition) is 4. The number of amides is 1. The Hall–Kier alpha value is -1.01. The van der Waals surface area contributed by atoms with Gasteiger partial charge in [-0.2, -0.15) is 0 Å². The van der Waals surface area contributed by atoms with E-state index in [1.54, 1.807) is 17.2 Å². The van der Waals surface area contributed by atoms with E-state index < -0.39 is 11.2 Å². The van der Waals surface area contributed by atoms with Crippen LogP contribution in [0.2, 0.25) is 0 Å². The predicted molar refractivity (Wildman–Crippen MR) is 58.1 cm³/mol. The van der Waals surface area contributed by atoms with Crippen LogP contribution in [0, 0.1) is 0 Å². The summed E-state index contributed by atoms with van der Waals surface area (Å²) in [5, 5.41) is 8.23. The molecule has 1 unspecified atom stereocenters. The van der Waals surface area contributed by atoms with E-state index in [-0.39, 0.29) is 11.3 Å². The van der Waals surface area contributed by atoms with Crippen LogP contribution >= 0.6 is 11.8 Å². The summed E-state index contributed by atoms with van der Waals surface area (Å²) in [6.45, 7) is 2.65. The second kappa shape index (κ2) is 5.18. The highest BCUT2D eigenvalue weighted by molar-refractivity contribution is 8.01. The summed E-state index contributed by atoms with van der Waals surface area (Å²) < 4.78 is 0. The van der Waals surface area contributed by atoms with Crippen molar-refractivity contribution in [2.45, 2.75) is 24.0 Å². The number of carbonyl (C=O) groups excluding carboxylic acids is 1. The van der Waals surface area contributed by atoms with Crippen molar-refractivity contribution in [1.29, 1.82) is 0 Å². The lowest BCUT2D eigenvalue weighted by Gasteiger charge is -2.40. The van der Waals surface area contributed by atoms with Gasteiger partial charge in [0.2, 0.25) is 5.91 Å². The SMILES string of the molecule is CCN.O=C(O)C1C=CN2C(=O)C[C@H]2S1. The van der Waals surface area contributed by atoms with Crippen molar-refractivity contribution in [1.82, 2.24) is 4.90 Å². The van der Waals surface area contributed by atoms with Crippen LogP contribution < -0.4 is 5.73 Å². The monoisotopic (exact) mass is 230 g/mol. The third-order valence-corrected chi connectivity index (χ3v) is 3.28. The van der Waals surface area contributed by atoms with Gasteiger partial charge >= 0.3 is 5.97 Å². The van der Waals surface area contributed by atoms with Crippen molar-refractivity contribution >= 4 is 23.6 Å². The van der Waals surface area contributed by atoms with Gasteiger partial charge in [-0.3, -0.25) is 9.59 Å². The molecule has 15 heavy (non-hydrogen) atoms. The third-order valence-electron chi connectivity index (χ3n) is 1.92. The smallest absolute Gasteiger partial charge is 0.320 e. The molecule has 3 N–H and O–H groups in total. The molecule has 2 heterocycles. The van der Waals surface area contributed by atoms with E-state index in [2.05, 4.69) is 0 Å². The first kappa shape index (κ1) is 12.1. The summed E-state index contributed by atoms with van der Waals surface area (Å²) >= 11 is 1.31. The van der Waals surface area contributed by atoms with Crippen molar-refractivity contribution < 1.29 is 14.7 Å². The highest BCUT2D eigenvalue weighted by Crippen LogP contribution is 2.36. The minimum absolute atomic E-state index is 0.0589. The Balaban J connectivity index is 0.000000337. The Morgan fingerprint density at radius 3 is 2.80 bits per heavy atom. The number of fused-ring (bicyclic) bond motifs is 1. The van der Waals surface area contributed by atoms with Crippen LogP contribution in [-0.2, 0) is 9.59 Å². The summed E-state index contributed by atoms with van der Waals surface area (Å²) in [5.74, 6) is -0.761. The van der Waals surface area contributed by atoms with E-state index in [1.807, 2.05) is 6.92 Å². The number of thioether (sulfide) groups is 1. The summed E-state index contributed by atoms with van der Waals surface area (Å²) in [6, 6.07) is 0. The van der Waals surface area contributed by atoms with E-state index in [9.17, 15) is 9.59 Å². The van der Waals surface area contributed by atoms with Gasteiger partial charge in [0.1, 0.15) is 5.25 Å². The molecule has 0 spiro atoms. The molecule has 0 aromatic carbocycles. The zero-order chi connectivity index (χ0) is 11.4. The molecule has 1 amide bonds. The molecule has 5 nitrogen and oxygen atoms in total. The molecule has 2 atom stereocenters. The number of nitrogens with zero attached hydrogens (tertiary/aromatic N) is 1. The summed E-state index contributed by atoms with van der Waals surface area (Å²) in [6.07, 6.45) is 3.59. The normalized spacial score (nSPS) is 27.3. The molecule has 2 aliphatic rings. The van der Waals surface area contributed by atoms with E-state index in [0.29, 0.717) is 6.42 Å². The number of carboxylic acids is 1. The first-order valence-electron chi connectivity index (χ1n) is 4.68. The average Bonchev–Trinajstić information content (AvgIpc) is 2.16. The first-order valence-corrected chi connectivity index (χ1v) is 5.62. The van der Waals surface area contributed by atoms with E-state index >= 15 is 0 Å². The lowest BCUT2D eigenvalue weighted by Crippen LogP contribution is -2.50. The average molecular weight is 230 g/mol. The summed E-state index contributed by atoms with van der Waals surface area (Å²) in [7, 11) is 0. The minimum atomic E-state index is -0.838. The van der Waals surface area contributed by atoms with Crippen molar-refractivity contribution in [2.75, 3.05) is 6.54 Å². The number of carbonyl (C=O) groups is 2. The van der Waals surface area contributed by atoms with Crippen molar-refractivity contribution in [3.8, 4) is 0 Å². The standard InChI is InChI=1S/C7H7NO3S.C2H7N/c9-5-3-6-8(5)2-1-4(12-6)7(10)11;1-2-3/h1-2,4,6H,3H2,(H,10,11);2-3H2,1H3/t4?,6-;/m1./s1. The maximum Gasteiger partial charge on any atom is 0.320 e. The van der Waals surface area contributed by atoms with Crippen molar-refractivity contribution in [3.05, 3.63) is 12.3 Å². The Kier molecular flexibility index (Phi) is 4.16. The number of hydrogen-bond donors (Lipinski definition) is 2. The third kappa shape index (κ3) is 2.73. The van der Waals surface area contributed by atoms with Crippen LogP contribution in [0.4, 0.5) is 0 Å². The second-order valence-electron chi connectivity index (χ2n) is 3.10. The molecule has 0 radical (unpaired) electrons. The van der Waals surface area contributed by atoms with Gasteiger partial charge in [0.25, 0.3) is 0 Å². The molecule has 1 saturated heterocycles. The highest BCUT2D eigenvalue weighted by atomic mass is 32.2. The van der Waals surface area contributed by atoms with Crippen LogP contribution in [0.15, 0.2) is 12.3 Å². The molecule has 0 aliphatic carbocycles. The fraction of sp³-hybridized carbons (Fsp3) is 0.556. The molecule has 2 aliphatic heterocycles. The zero-order valence-electron chi connectivity index (χ0n) is 8.42. The number of aliphatic carboxylic acids is 1. The molecule has 6 heteroatoms. The summed E-state index contributed by atoms with van der Waals surface area (Å²) in [4.78, 5) is 23.0. The Labute approximate surface area is 92.3 Å². The van der Waals surface area contributed by atoms with Gasteiger partial charge in [-0.15, -0.1) is 11.8 Å². The van der Waals surface area contributed by atoms with E-state index in [0.717, 1.165) is 6.54 Å². The van der Waals surface area contributed by atoms with Gasteiger partial charge in [-0.05, 0) is 12.6 Å². The van der Waals surface area contributed by atoms with Gasteiger partial charge in [-0.25, -0.2) is 0 Å². The van der Waals surface area contributed by atoms with Crippen molar-refractivity contribution in [2.24, 2.45) is 5.73 Å². The van der Waals surface area contributed by atoms with Crippen molar-refractivity contribution in [3.63, 3.8) is 0 Å².